The second kappa shape index (κ2) is 4.72. The second-order valence-corrected chi connectivity index (χ2v) is 4.01. The smallest absolute Gasteiger partial charge is 0.162 e. The standard InChI is InChI=1S/C11H13ClN2O2/c1-16-11-9(12)3-2-4-10(11)14-6-5-8(7-15)13-14/h2-4,7-8,13H,5-6H2,1H3. The third kappa shape index (κ3) is 1.99. The lowest BCUT2D eigenvalue weighted by atomic mass is 10.2. The third-order valence-corrected chi connectivity index (χ3v) is 2.89. The van der Waals surface area contributed by atoms with E-state index in [4.69, 9.17) is 16.3 Å². The van der Waals surface area contributed by atoms with Gasteiger partial charge in [-0.05, 0) is 18.6 Å². The van der Waals surface area contributed by atoms with Gasteiger partial charge in [-0.2, -0.15) is 0 Å². The molecular formula is C11H13ClN2O2. The van der Waals surface area contributed by atoms with Crippen LogP contribution in [0.15, 0.2) is 18.2 Å². The monoisotopic (exact) mass is 240 g/mol. The molecule has 1 N–H and O–H groups in total. The molecule has 4 nitrogen and oxygen atoms in total. The van der Waals surface area contributed by atoms with Gasteiger partial charge in [-0.1, -0.05) is 17.7 Å². The Hall–Kier alpha value is -1.26. The van der Waals surface area contributed by atoms with Gasteiger partial charge in [-0.25, -0.2) is 5.43 Å². The number of methoxy groups -OCH3 is 1. The molecule has 1 aromatic carbocycles. The quantitative estimate of drug-likeness (QED) is 0.816. The number of para-hydroxylation sites is 1. The lowest BCUT2D eigenvalue weighted by molar-refractivity contribution is -0.109. The lowest BCUT2D eigenvalue weighted by Gasteiger charge is -2.21. The van der Waals surface area contributed by atoms with Gasteiger partial charge in [-0.15, -0.1) is 0 Å². The Morgan fingerprint density at radius 2 is 2.44 bits per heavy atom. The van der Waals surface area contributed by atoms with Crippen molar-refractivity contribution in [2.75, 3.05) is 18.7 Å². The van der Waals surface area contributed by atoms with Crippen molar-refractivity contribution in [3.8, 4) is 5.75 Å². The summed E-state index contributed by atoms with van der Waals surface area (Å²) in [5.41, 5.74) is 3.95. The molecular weight excluding hydrogens is 228 g/mol. The fourth-order valence-electron chi connectivity index (χ4n) is 1.80. The minimum atomic E-state index is -0.122. The number of ether oxygens (including phenoxy) is 1. The maximum atomic E-state index is 10.7. The Balaban J connectivity index is 2.27. The predicted octanol–water partition coefficient (Wildman–Crippen LogP) is 1.63. The highest BCUT2D eigenvalue weighted by Crippen LogP contribution is 2.35. The summed E-state index contributed by atoms with van der Waals surface area (Å²) in [4.78, 5) is 10.7. The van der Waals surface area contributed by atoms with Gasteiger partial charge >= 0.3 is 0 Å². The van der Waals surface area contributed by atoms with E-state index in [1.165, 1.54) is 0 Å². The zero-order valence-corrected chi connectivity index (χ0v) is 9.70. The van der Waals surface area contributed by atoms with Gasteiger partial charge in [0.15, 0.2) is 5.75 Å². The first-order chi connectivity index (χ1) is 7.76. The van der Waals surface area contributed by atoms with Crippen LogP contribution in [0.5, 0.6) is 5.75 Å². The first kappa shape index (κ1) is 11.2. The van der Waals surface area contributed by atoms with Gasteiger partial charge in [0.05, 0.1) is 23.9 Å². The summed E-state index contributed by atoms with van der Waals surface area (Å²) in [6, 6.07) is 5.42. The minimum absolute atomic E-state index is 0.122. The summed E-state index contributed by atoms with van der Waals surface area (Å²) in [6.45, 7) is 0.764. The third-order valence-electron chi connectivity index (χ3n) is 2.59. The number of hydrazine groups is 1. The van der Waals surface area contributed by atoms with Crippen molar-refractivity contribution in [1.29, 1.82) is 0 Å². The SMILES string of the molecule is COc1c(Cl)cccc1N1CCC(C=O)N1. The second-order valence-electron chi connectivity index (χ2n) is 3.60. The number of anilines is 1. The summed E-state index contributed by atoms with van der Waals surface area (Å²) in [5.74, 6) is 0.628. The van der Waals surface area contributed by atoms with Crippen molar-refractivity contribution < 1.29 is 9.53 Å². The van der Waals surface area contributed by atoms with Crippen LogP contribution in [0, 0.1) is 0 Å². The average Bonchev–Trinajstić information content (AvgIpc) is 2.77. The van der Waals surface area contributed by atoms with E-state index in [0.717, 1.165) is 24.9 Å². The number of rotatable bonds is 3. The molecule has 0 amide bonds. The van der Waals surface area contributed by atoms with Crippen LogP contribution in [0.4, 0.5) is 5.69 Å². The maximum Gasteiger partial charge on any atom is 0.162 e. The Labute approximate surface area is 99.1 Å². The molecule has 1 saturated heterocycles. The van der Waals surface area contributed by atoms with Crippen molar-refractivity contribution in [2.45, 2.75) is 12.5 Å². The maximum absolute atomic E-state index is 10.7. The molecule has 1 aliphatic rings. The van der Waals surface area contributed by atoms with Crippen LogP contribution in [-0.4, -0.2) is 26.0 Å². The number of hydrogen-bond acceptors (Lipinski definition) is 4. The largest absolute Gasteiger partial charge is 0.493 e. The van der Waals surface area contributed by atoms with Gasteiger partial charge in [0.2, 0.25) is 0 Å². The molecule has 1 aliphatic heterocycles. The number of nitrogens with zero attached hydrogens (tertiary/aromatic N) is 1. The van der Waals surface area contributed by atoms with Crippen molar-refractivity contribution in [2.24, 2.45) is 0 Å². The molecule has 1 aromatic rings. The van der Waals surface area contributed by atoms with E-state index < -0.39 is 0 Å². The molecule has 2 rings (SSSR count). The highest BCUT2D eigenvalue weighted by molar-refractivity contribution is 6.32. The Morgan fingerprint density at radius 3 is 3.06 bits per heavy atom. The van der Waals surface area contributed by atoms with Crippen LogP contribution >= 0.6 is 11.6 Å². The summed E-state index contributed by atoms with van der Waals surface area (Å²) in [5, 5.41) is 2.46. The predicted molar refractivity (Wildman–Crippen MR) is 63.0 cm³/mol. The van der Waals surface area contributed by atoms with Crippen molar-refractivity contribution >= 4 is 23.6 Å². The van der Waals surface area contributed by atoms with Crippen molar-refractivity contribution in [1.82, 2.24) is 5.43 Å². The molecule has 16 heavy (non-hydrogen) atoms. The number of carbonyl (C=O) groups excluding carboxylic acids is 1. The molecule has 5 heteroatoms. The molecule has 1 fully saturated rings. The number of hydrogen-bond donors (Lipinski definition) is 1. The minimum Gasteiger partial charge on any atom is -0.493 e. The molecule has 0 aliphatic carbocycles. The van der Waals surface area contributed by atoms with Gasteiger partial charge < -0.3 is 14.5 Å². The Morgan fingerprint density at radius 1 is 1.62 bits per heavy atom. The fourth-order valence-corrected chi connectivity index (χ4v) is 2.04. The summed E-state index contributed by atoms with van der Waals surface area (Å²) in [6.07, 6.45) is 1.70. The van der Waals surface area contributed by atoms with Crippen molar-refractivity contribution in [3.63, 3.8) is 0 Å². The summed E-state index contributed by atoms with van der Waals surface area (Å²) < 4.78 is 5.26. The number of benzene rings is 1. The van der Waals surface area contributed by atoms with Crippen LogP contribution in [0.25, 0.3) is 0 Å². The van der Waals surface area contributed by atoms with Crippen LogP contribution in [0.2, 0.25) is 5.02 Å². The zero-order valence-electron chi connectivity index (χ0n) is 8.94. The molecule has 1 atom stereocenters. The first-order valence-corrected chi connectivity index (χ1v) is 5.45. The summed E-state index contributed by atoms with van der Waals surface area (Å²) in [7, 11) is 1.58. The average molecular weight is 241 g/mol. The Bertz CT molecular complexity index is 398. The molecule has 0 radical (unpaired) electrons. The molecule has 0 saturated carbocycles. The number of carbonyl (C=O) groups is 1. The Kier molecular flexibility index (Phi) is 3.31. The van der Waals surface area contributed by atoms with E-state index >= 15 is 0 Å². The molecule has 0 bridgehead atoms. The van der Waals surface area contributed by atoms with Crippen LogP contribution < -0.4 is 15.2 Å². The highest BCUT2D eigenvalue weighted by atomic mass is 35.5. The lowest BCUT2D eigenvalue weighted by Crippen LogP contribution is -2.36. The van der Waals surface area contributed by atoms with Crippen LogP contribution in [0.1, 0.15) is 6.42 Å². The van der Waals surface area contributed by atoms with Crippen molar-refractivity contribution in [3.05, 3.63) is 23.2 Å². The molecule has 86 valence electrons. The van der Waals surface area contributed by atoms with E-state index in [-0.39, 0.29) is 6.04 Å². The number of nitrogens with one attached hydrogen (secondary N) is 1. The van der Waals surface area contributed by atoms with E-state index in [0.29, 0.717) is 10.8 Å². The normalized spacial score (nSPS) is 19.9. The van der Waals surface area contributed by atoms with Crippen LogP contribution in [0.3, 0.4) is 0 Å². The molecule has 0 aromatic heterocycles. The molecule has 1 unspecified atom stereocenters. The van der Waals surface area contributed by atoms with E-state index in [2.05, 4.69) is 5.43 Å². The van der Waals surface area contributed by atoms with Gasteiger partial charge in [-0.3, -0.25) is 0 Å². The molecule has 1 heterocycles. The van der Waals surface area contributed by atoms with Gasteiger partial charge in [0.1, 0.15) is 6.29 Å². The van der Waals surface area contributed by atoms with E-state index in [1.807, 2.05) is 17.1 Å². The van der Waals surface area contributed by atoms with Gasteiger partial charge in [0, 0.05) is 6.54 Å². The molecule has 0 spiro atoms. The van der Waals surface area contributed by atoms with Gasteiger partial charge in [0.25, 0.3) is 0 Å². The van der Waals surface area contributed by atoms with E-state index in [1.54, 1.807) is 13.2 Å². The zero-order chi connectivity index (χ0) is 11.5. The number of aldehydes is 1. The number of halogens is 1. The van der Waals surface area contributed by atoms with E-state index in [9.17, 15) is 4.79 Å². The highest BCUT2D eigenvalue weighted by Gasteiger charge is 2.24. The fraction of sp³-hybridized carbons (Fsp3) is 0.364. The topological polar surface area (TPSA) is 41.6 Å². The first-order valence-electron chi connectivity index (χ1n) is 5.07. The summed E-state index contributed by atoms with van der Waals surface area (Å²) >= 11 is 6.03. The van der Waals surface area contributed by atoms with Crippen LogP contribution in [-0.2, 0) is 4.79 Å².